The van der Waals surface area contributed by atoms with Gasteiger partial charge in [-0.3, -0.25) is 4.99 Å². The van der Waals surface area contributed by atoms with Gasteiger partial charge < -0.3 is 33.5 Å². The molecule has 0 spiro atoms. The van der Waals surface area contributed by atoms with Crippen molar-refractivity contribution in [1.82, 2.24) is 0 Å². The molecule has 3 fully saturated rings. The Morgan fingerprint density at radius 2 is 1.35 bits per heavy atom. The lowest BCUT2D eigenvalue weighted by molar-refractivity contribution is -0.254. The lowest BCUT2D eigenvalue weighted by atomic mass is 9.92. The molecule has 3 aliphatic rings. The number of aliphatic hydroxyl groups excluding tert-OH is 1. The van der Waals surface area contributed by atoms with Crippen LogP contribution in [0, 0.1) is 0 Å². The molecule has 0 saturated carbocycles. The summed E-state index contributed by atoms with van der Waals surface area (Å²) in [5, 5.41) is 11.7. The molecule has 0 aromatic heterocycles. The second-order valence-electron chi connectivity index (χ2n) is 10.3. The third-order valence-electron chi connectivity index (χ3n) is 6.66. The van der Waals surface area contributed by atoms with Gasteiger partial charge in [0.15, 0.2) is 23.9 Å². The Morgan fingerprint density at radius 1 is 0.838 bits per heavy atom. The Labute approximate surface area is 216 Å². The molecule has 3 saturated heterocycles. The van der Waals surface area contributed by atoms with Crippen LogP contribution in [0.25, 0.3) is 0 Å². The second kappa shape index (κ2) is 9.90. The molecular formula is C28H33NO8. The fourth-order valence-corrected chi connectivity index (χ4v) is 5.13. The summed E-state index contributed by atoms with van der Waals surface area (Å²) in [6.07, 6.45) is -5.14. The molecule has 3 aliphatic heterocycles. The van der Waals surface area contributed by atoms with Crippen LogP contribution in [0.3, 0.4) is 0 Å². The van der Waals surface area contributed by atoms with Crippen molar-refractivity contribution < 1.29 is 38.3 Å². The zero-order valence-electron chi connectivity index (χ0n) is 21.6. The van der Waals surface area contributed by atoms with E-state index in [0.29, 0.717) is 5.71 Å². The van der Waals surface area contributed by atoms with E-state index in [9.17, 15) is 9.90 Å². The minimum Gasteiger partial charge on any atom is -0.467 e. The number of ether oxygens (including phenoxy) is 6. The summed E-state index contributed by atoms with van der Waals surface area (Å²) in [5.74, 6) is -2.57. The quantitative estimate of drug-likeness (QED) is 0.466. The molecule has 2 unspecified atom stereocenters. The van der Waals surface area contributed by atoms with Gasteiger partial charge >= 0.3 is 5.97 Å². The topological polar surface area (TPSA) is 105 Å². The molecule has 0 amide bonds. The summed E-state index contributed by atoms with van der Waals surface area (Å²) in [5.41, 5.74) is 2.10. The smallest absolute Gasteiger partial charge is 0.333 e. The van der Waals surface area contributed by atoms with E-state index in [1.165, 1.54) is 7.11 Å². The summed E-state index contributed by atoms with van der Waals surface area (Å²) < 4.78 is 35.6. The number of methoxy groups -OCH3 is 1. The molecular weight excluding hydrogens is 478 g/mol. The van der Waals surface area contributed by atoms with E-state index in [4.69, 9.17) is 33.4 Å². The molecule has 9 heteroatoms. The molecule has 7 atom stereocenters. The van der Waals surface area contributed by atoms with Gasteiger partial charge in [0.05, 0.1) is 12.8 Å². The van der Waals surface area contributed by atoms with E-state index >= 15 is 0 Å². The van der Waals surface area contributed by atoms with E-state index in [1.807, 2.05) is 60.7 Å². The zero-order chi connectivity index (χ0) is 26.4. The Bertz CT molecular complexity index is 1090. The maximum Gasteiger partial charge on any atom is 0.333 e. The van der Waals surface area contributed by atoms with Crippen LogP contribution in [0.2, 0.25) is 0 Å². The number of hydrogen-bond acceptors (Lipinski definition) is 9. The average Bonchev–Trinajstić information content (AvgIpc) is 3.38. The number of esters is 1. The van der Waals surface area contributed by atoms with E-state index < -0.39 is 60.4 Å². The first-order valence-electron chi connectivity index (χ1n) is 12.4. The summed E-state index contributed by atoms with van der Waals surface area (Å²) in [6.45, 7) is 7.13. The predicted molar refractivity (Wildman–Crippen MR) is 133 cm³/mol. The summed E-state index contributed by atoms with van der Waals surface area (Å²) >= 11 is 0. The third kappa shape index (κ3) is 5.20. The Kier molecular flexibility index (Phi) is 6.95. The summed E-state index contributed by atoms with van der Waals surface area (Å²) in [4.78, 5) is 17.8. The number of carbonyl (C=O) groups excluding carboxylic acids is 1. The standard InChI is InChI=1S/C28H33NO8/c1-27(2)34-22-21(33-26-24(23(22)35-27)36-28(3,4)37-26)20(30)19(25(31)32-5)29-18(16-12-8-6-9-13-16)17-14-10-7-11-15-17/h6-15,19-24,26,30H,1-5H3/t19?,20?,21-,22+,23+,24-,26-/m1/s1. The number of rotatable bonds is 6. The highest BCUT2D eigenvalue weighted by molar-refractivity contribution is 6.13. The van der Waals surface area contributed by atoms with Crippen molar-refractivity contribution in [2.24, 2.45) is 4.99 Å². The number of fused-ring (bicyclic) bond motifs is 3. The van der Waals surface area contributed by atoms with Gasteiger partial charge in [0.25, 0.3) is 0 Å². The van der Waals surface area contributed by atoms with Crippen LogP contribution < -0.4 is 0 Å². The van der Waals surface area contributed by atoms with Crippen molar-refractivity contribution >= 4 is 11.7 Å². The molecule has 9 nitrogen and oxygen atoms in total. The third-order valence-corrected chi connectivity index (χ3v) is 6.66. The van der Waals surface area contributed by atoms with Gasteiger partial charge in [-0.1, -0.05) is 60.7 Å². The molecule has 2 aromatic carbocycles. The average molecular weight is 512 g/mol. The highest BCUT2D eigenvalue weighted by Crippen LogP contribution is 2.45. The van der Waals surface area contributed by atoms with Crippen LogP contribution in [-0.4, -0.2) is 78.3 Å². The number of aliphatic imine (C=N–C) groups is 1. The van der Waals surface area contributed by atoms with Gasteiger partial charge in [-0.15, -0.1) is 0 Å². The first-order chi connectivity index (χ1) is 17.6. The minimum atomic E-state index is -1.44. The van der Waals surface area contributed by atoms with Crippen LogP contribution in [0.15, 0.2) is 65.7 Å². The van der Waals surface area contributed by atoms with Gasteiger partial charge in [0, 0.05) is 11.1 Å². The van der Waals surface area contributed by atoms with Crippen LogP contribution in [0.1, 0.15) is 38.8 Å². The lowest BCUT2D eigenvalue weighted by Crippen LogP contribution is -2.61. The largest absolute Gasteiger partial charge is 0.467 e. The molecule has 5 rings (SSSR count). The van der Waals surface area contributed by atoms with Crippen LogP contribution >= 0.6 is 0 Å². The van der Waals surface area contributed by atoms with Crippen molar-refractivity contribution in [2.75, 3.05) is 7.11 Å². The van der Waals surface area contributed by atoms with Crippen molar-refractivity contribution in [3.05, 3.63) is 71.8 Å². The van der Waals surface area contributed by atoms with Gasteiger partial charge in [-0.05, 0) is 27.7 Å². The minimum absolute atomic E-state index is 0.534. The first-order valence-corrected chi connectivity index (χ1v) is 12.4. The number of aliphatic hydroxyl groups is 1. The van der Waals surface area contributed by atoms with Crippen LogP contribution in [0.5, 0.6) is 0 Å². The molecule has 3 heterocycles. The van der Waals surface area contributed by atoms with E-state index in [2.05, 4.69) is 0 Å². The Hall–Kier alpha value is -2.66. The van der Waals surface area contributed by atoms with E-state index in [1.54, 1.807) is 27.7 Å². The maximum absolute atomic E-state index is 13.1. The molecule has 0 bridgehead atoms. The second-order valence-corrected chi connectivity index (χ2v) is 10.3. The number of benzene rings is 2. The van der Waals surface area contributed by atoms with Gasteiger partial charge in [-0.2, -0.15) is 0 Å². The van der Waals surface area contributed by atoms with Gasteiger partial charge in [0.1, 0.15) is 30.5 Å². The monoisotopic (exact) mass is 511 g/mol. The number of nitrogens with zero attached hydrogens (tertiary/aromatic N) is 1. The molecule has 2 aromatic rings. The van der Waals surface area contributed by atoms with Gasteiger partial charge in [0.2, 0.25) is 0 Å². The molecule has 198 valence electrons. The van der Waals surface area contributed by atoms with Crippen molar-refractivity contribution in [3.63, 3.8) is 0 Å². The fraction of sp³-hybridized carbons (Fsp3) is 0.500. The molecule has 1 N–H and O–H groups in total. The van der Waals surface area contributed by atoms with Crippen LogP contribution in [0.4, 0.5) is 0 Å². The SMILES string of the molecule is COC(=O)C(N=C(c1ccccc1)c1ccccc1)C(O)[C@H]1O[C@@H]2OC(C)(C)O[C@@H]2[C@H]2OC(C)(C)O[C@H]21. The van der Waals surface area contributed by atoms with Crippen molar-refractivity contribution in [2.45, 2.75) is 82.1 Å². The Morgan fingerprint density at radius 3 is 1.92 bits per heavy atom. The van der Waals surface area contributed by atoms with Gasteiger partial charge in [-0.25, -0.2) is 4.79 Å². The van der Waals surface area contributed by atoms with Crippen molar-refractivity contribution in [3.8, 4) is 0 Å². The van der Waals surface area contributed by atoms with Crippen LogP contribution in [-0.2, 0) is 33.2 Å². The van der Waals surface area contributed by atoms with E-state index in [-0.39, 0.29) is 0 Å². The molecule has 37 heavy (non-hydrogen) atoms. The lowest BCUT2D eigenvalue weighted by Gasteiger charge is -2.40. The molecule has 0 aliphatic carbocycles. The maximum atomic E-state index is 13.1. The number of carbonyl (C=O) groups is 1. The van der Waals surface area contributed by atoms with Crippen molar-refractivity contribution in [1.29, 1.82) is 0 Å². The zero-order valence-corrected chi connectivity index (χ0v) is 21.6. The Balaban J connectivity index is 1.54. The predicted octanol–water partition coefficient (Wildman–Crippen LogP) is 2.82. The molecule has 0 radical (unpaired) electrons. The fourth-order valence-electron chi connectivity index (χ4n) is 5.13. The highest BCUT2D eigenvalue weighted by atomic mass is 16.9. The summed E-state index contributed by atoms with van der Waals surface area (Å²) in [7, 11) is 1.26. The first kappa shape index (κ1) is 26.0. The van der Waals surface area contributed by atoms with E-state index in [0.717, 1.165) is 11.1 Å². The number of hydrogen-bond donors (Lipinski definition) is 1. The summed E-state index contributed by atoms with van der Waals surface area (Å²) in [6, 6.07) is 17.6. The normalized spacial score (nSPS) is 31.0. The highest BCUT2D eigenvalue weighted by Gasteiger charge is 2.62.